The van der Waals surface area contributed by atoms with Crippen LogP contribution in [0.15, 0.2) is 24.5 Å². The van der Waals surface area contributed by atoms with Gasteiger partial charge in [0.05, 0.1) is 0 Å². The molecule has 4 heteroatoms. The molecule has 2 atom stereocenters. The van der Waals surface area contributed by atoms with E-state index in [1.807, 2.05) is 24.1 Å². The Morgan fingerprint density at radius 1 is 1.47 bits per heavy atom. The molecule has 0 aromatic carbocycles. The van der Waals surface area contributed by atoms with Crippen LogP contribution < -0.4 is 5.32 Å². The predicted octanol–water partition coefficient (Wildman–Crippen LogP) is 1.04. The summed E-state index contributed by atoms with van der Waals surface area (Å²) in [5, 5.41) is 3.16. The molecule has 0 saturated carbocycles. The summed E-state index contributed by atoms with van der Waals surface area (Å²) in [6.07, 6.45) is 4.20. The highest BCUT2D eigenvalue weighted by molar-refractivity contribution is 5.79. The van der Waals surface area contributed by atoms with Crippen molar-refractivity contribution in [2.75, 3.05) is 13.6 Å². The Morgan fingerprint density at radius 2 is 2.18 bits per heavy atom. The summed E-state index contributed by atoms with van der Waals surface area (Å²) in [6.45, 7) is 3.73. The second-order valence-corrected chi connectivity index (χ2v) is 4.64. The van der Waals surface area contributed by atoms with E-state index >= 15 is 0 Å². The Balaban J connectivity index is 2.04. The zero-order valence-corrected chi connectivity index (χ0v) is 10.4. The highest BCUT2D eigenvalue weighted by Crippen LogP contribution is 2.26. The number of carbonyl (C=O) groups excluding carboxylic acids is 1. The second-order valence-electron chi connectivity index (χ2n) is 4.64. The van der Waals surface area contributed by atoms with Crippen LogP contribution in [0.5, 0.6) is 0 Å². The van der Waals surface area contributed by atoms with E-state index in [-0.39, 0.29) is 5.91 Å². The van der Waals surface area contributed by atoms with E-state index in [0.717, 1.165) is 12.1 Å². The van der Waals surface area contributed by atoms with Crippen molar-refractivity contribution in [2.45, 2.75) is 25.9 Å². The molecule has 2 rings (SSSR count). The van der Waals surface area contributed by atoms with E-state index in [9.17, 15) is 4.79 Å². The van der Waals surface area contributed by atoms with E-state index in [2.05, 4.69) is 17.2 Å². The molecule has 1 saturated heterocycles. The van der Waals surface area contributed by atoms with Gasteiger partial charge in [0.1, 0.15) is 0 Å². The van der Waals surface area contributed by atoms with E-state index in [4.69, 9.17) is 0 Å². The van der Waals surface area contributed by atoms with E-state index < -0.39 is 0 Å². The summed E-state index contributed by atoms with van der Waals surface area (Å²) in [7, 11) is 1.93. The quantitative estimate of drug-likeness (QED) is 0.845. The Morgan fingerprint density at radius 3 is 2.82 bits per heavy atom. The molecule has 1 aromatic rings. The van der Waals surface area contributed by atoms with Crippen LogP contribution in [0.3, 0.4) is 0 Å². The van der Waals surface area contributed by atoms with Gasteiger partial charge >= 0.3 is 0 Å². The Hall–Kier alpha value is -1.42. The summed E-state index contributed by atoms with van der Waals surface area (Å²) < 4.78 is 0. The van der Waals surface area contributed by atoms with Gasteiger partial charge in [0.15, 0.2) is 0 Å². The van der Waals surface area contributed by atoms with Gasteiger partial charge in [0, 0.05) is 43.9 Å². The number of hydrogen-bond acceptors (Lipinski definition) is 3. The van der Waals surface area contributed by atoms with Gasteiger partial charge in [-0.3, -0.25) is 9.78 Å². The first-order valence-corrected chi connectivity index (χ1v) is 6.05. The third kappa shape index (κ3) is 2.64. The van der Waals surface area contributed by atoms with Crippen LogP contribution in [0.1, 0.15) is 18.9 Å². The van der Waals surface area contributed by atoms with E-state index in [0.29, 0.717) is 24.9 Å². The largest absolute Gasteiger partial charge is 0.335 e. The normalized spacial score (nSPS) is 24.4. The predicted molar refractivity (Wildman–Crippen MR) is 66.3 cm³/mol. The van der Waals surface area contributed by atoms with Crippen molar-refractivity contribution < 1.29 is 4.79 Å². The molecule has 1 aromatic heterocycles. The lowest BCUT2D eigenvalue weighted by atomic mass is 10.0. The van der Waals surface area contributed by atoms with Gasteiger partial charge in [-0.15, -0.1) is 0 Å². The first-order valence-electron chi connectivity index (χ1n) is 6.05. The number of carbonyl (C=O) groups is 1. The van der Waals surface area contributed by atoms with Crippen LogP contribution in [-0.4, -0.2) is 35.4 Å². The zero-order valence-electron chi connectivity index (χ0n) is 10.4. The standard InChI is InChI=1S/C13H19N3O/c1-10-12(8-14-2)7-13(17)16(10)9-11-3-5-15-6-4-11/h3-6,10,12,14H,7-9H2,1-2H3. The molecule has 2 heterocycles. The molecule has 17 heavy (non-hydrogen) atoms. The highest BCUT2D eigenvalue weighted by Gasteiger charge is 2.35. The molecule has 1 N–H and O–H groups in total. The molecule has 2 unspecified atom stereocenters. The van der Waals surface area contributed by atoms with Crippen LogP contribution in [-0.2, 0) is 11.3 Å². The van der Waals surface area contributed by atoms with Crippen molar-refractivity contribution in [1.82, 2.24) is 15.2 Å². The summed E-state index contributed by atoms with van der Waals surface area (Å²) >= 11 is 0. The molecule has 1 fully saturated rings. The van der Waals surface area contributed by atoms with E-state index in [1.54, 1.807) is 12.4 Å². The number of aromatic nitrogens is 1. The molecule has 0 aliphatic carbocycles. The number of amides is 1. The maximum atomic E-state index is 12.0. The molecule has 1 aliphatic heterocycles. The fraction of sp³-hybridized carbons (Fsp3) is 0.538. The highest BCUT2D eigenvalue weighted by atomic mass is 16.2. The number of nitrogens with zero attached hydrogens (tertiary/aromatic N) is 2. The van der Waals surface area contributed by atoms with Crippen molar-refractivity contribution in [3.8, 4) is 0 Å². The summed E-state index contributed by atoms with van der Waals surface area (Å²) in [5.41, 5.74) is 1.14. The van der Waals surface area contributed by atoms with Crippen LogP contribution in [0.25, 0.3) is 0 Å². The van der Waals surface area contributed by atoms with Gasteiger partial charge in [-0.25, -0.2) is 0 Å². The number of likely N-dealkylation sites (tertiary alicyclic amines) is 1. The van der Waals surface area contributed by atoms with Gasteiger partial charge in [0.2, 0.25) is 5.91 Å². The molecule has 0 bridgehead atoms. The maximum Gasteiger partial charge on any atom is 0.223 e. The average molecular weight is 233 g/mol. The topological polar surface area (TPSA) is 45.2 Å². The lowest BCUT2D eigenvalue weighted by Crippen LogP contribution is -2.34. The van der Waals surface area contributed by atoms with Gasteiger partial charge in [-0.2, -0.15) is 0 Å². The van der Waals surface area contributed by atoms with Gasteiger partial charge in [-0.05, 0) is 31.7 Å². The van der Waals surface area contributed by atoms with Crippen molar-refractivity contribution in [3.63, 3.8) is 0 Å². The summed E-state index contributed by atoms with van der Waals surface area (Å²) in [5.74, 6) is 0.684. The van der Waals surface area contributed by atoms with Crippen molar-refractivity contribution in [1.29, 1.82) is 0 Å². The third-order valence-corrected chi connectivity index (χ3v) is 3.50. The molecule has 0 spiro atoms. The zero-order chi connectivity index (χ0) is 12.3. The SMILES string of the molecule is CNCC1CC(=O)N(Cc2ccncc2)C1C. The minimum Gasteiger partial charge on any atom is -0.335 e. The monoisotopic (exact) mass is 233 g/mol. The lowest BCUT2D eigenvalue weighted by Gasteiger charge is -2.24. The minimum absolute atomic E-state index is 0.259. The maximum absolute atomic E-state index is 12.0. The summed E-state index contributed by atoms with van der Waals surface area (Å²) in [6, 6.07) is 4.24. The molecule has 92 valence electrons. The van der Waals surface area contributed by atoms with Crippen molar-refractivity contribution >= 4 is 5.91 Å². The van der Waals surface area contributed by atoms with Crippen LogP contribution in [0, 0.1) is 5.92 Å². The average Bonchev–Trinajstić information content (AvgIpc) is 2.59. The van der Waals surface area contributed by atoms with E-state index in [1.165, 1.54) is 0 Å². The molecular weight excluding hydrogens is 214 g/mol. The minimum atomic E-state index is 0.259. The van der Waals surface area contributed by atoms with Crippen molar-refractivity contribution in [3.05, 3.63) is 30.1 Å². The van der Waals surface area contributed by atoms with Crippen molar-refractivity contribution in [2.24, 2.45) is 5.92 Å². The molecule has 4 nitrogen and oxygen atoms in total. The molecular formula is C13H19N3O. The fourth-order valence-corrected chi connectivity index (χ4v) is 2.42. The summed E-state index contributed by atoms with van der Waals surface area (Å²) in [4.78, 5) is 17.9. The number of pyridine rings is 1. The molecule has 0 radical (unpaired) electrons. The Bertz CT molecular complexity index is 380. The smallest absolute Gasteiger partial charge is 0.223 e. The molecule has 1 aliphatic rings. The number of nitrogens with one attached hydrogen (secondary N) is 1. The third-order valence-electron chi connectivity index (χ3n) is 3.50. The lowest BCUT2D eigenvalue weighted by molar-refractivity contribution is -0.129. The Labute approximate surface area is 102 Å². The fourth-order valence-electron chi connectivity index (χ4n) is 2.42. The van der Waals surface area contributed by atoms with Gasteiger partial charge < -0.3 is 10.2 Å². The first kappa shape index (κ1) is 12.0. The first-order chi connectivity index (χ1) is 8.22. The van der Waals surface area contributed by atoms with Gasteiger partial charge in [-0.1, -0.05) is 0 Å². The second kappa shape index (κ2) is 5.27. The number of hydrogen-bond donors (Lipinski definition) is 1. The molecule has 1 amide bonds. The number of rotatable bonds is 4. The van der Waals surface area contributed by atoms with Crippen LogP contribution in [0.2, 0.25) is 0 Å². The van der Waals surface area contributed by atoms with Crippen LogP contribution in [0.4, 0.5) is 0 Å². The Kier molecular flexibility index (Phi) is 3.74. The van der Waals surface area contributed by atoms with Gasteiger partial charge in [0.25, 0.3) is 0 Å². The van der Waals surface area contributed by atoms with Crippen LogP contribution >= 0.6 is 0 Å².